The number of rotatable bonds is 12. The maximum atomic E-state index is 13.0. The Bertz CT molecular complexity index is 866. The molecule has 0 spiro atoms. The molecule has 180 valence electrons. The van der Waals surface area contributed by atoms with Crippen LogP contribution in [0.3, 0.4) is 0 Å². The van der Waals surface area contributed by atoms with Crippen LogP contribution in [0.15, 0.2) is 54.6 Å². The number of ether oxygens (including phenoxy) is 1. The second-order valence-electron chi connectivity index (χ2n) is 9.46. The van der Waals surface area contributed by atoms with Crippen LogP contribution in [0.4, 0.5) is 0 Å². The van der Waals surface area contributed by atoms with E-state index in [0.29, 0.717) is 25.4 Å². The van der Waals surface area contributed by atoms with E-state index in [9.17, 15) is 9.59 Å². The molecular formula is C27H39N3O3. The van der Waals surface area contributed by atoms with Gasteiger partial charge in [0, 0.05) is 12.5 Å². The lowest BCUT2D eigenvalue weighted by atomic mass is 10.0. The first-order valence-corrected chi connectivity index (χ1v) is 11.8. The van der Waals surface area contributed by atoms with E-state index >= 15 is 0 Å². The number of hydrogen-bond acceptors (Lipinski definition) is 4. The molecule has 6 heteroatoms. The fraction of sp³-hybridized carbons (Fsp3) is 0.481. The predicted molar refractivity (Wildman–Crippen MR) is 133 cm³/mol. The highest BCUT2D eigenvalue weighted by molar-refractivity contribution is 5.90. The van der Waals surface area contributed by atoms with Crippen molar-refractivity contribution in [1.82, 2.24) is 10.6 Å². The molecule has 0 saturated heterocycles. The predicted octanol–water partition coefficient (Wildman–Crippen LogP) is 3.83. The summed E-state index contributed by atoms with van der Waals surface area (Å²) in [6.45, 7) is 10.6. The molecule has 0 heterocycles. The molecular weight excluding hydrogens is 414 g/mol. The van der Waals surface area contributed by atoms with E-state index in [2.05, 4.69) is 10.6 Å². The topological polar surface area (TPSA) is 93.5 Å². The van der Waals surface area contributed by atoms with E-state index in [4.69, 9.17) is 10.5 Å². The summed E-state index contributed by atoms with van der Waals surface area (Å²) >= 11 is 0. The number of amides is 2. The summed E-state index contributed by atoms with van der Waals surface area (Å²) in [5, 5.41) is 5.88. The number of hydrogen-bond donors (Lipinski definition) is 3. The Balaban J connectivity index is 2.05. The summed E-state index contributed by atoms with van der Waals surface area (Å²) in [7, 11) is 0. The molecule has 33 heavy (non-hydrogen) atoms. The lowest BCUT2D eigenvalue weighted by Crippen LogP contribution is -2.54. The molecule has 2 rings (SSSR count). The van der Waals surface area contributed by atoms with Crippen molar-refractivity contribution in [2.24, 2.45) is 17.6 Å². The van der Waals surface area contributed by atoms with Crippen LogP contribution in [0.2, 0.25) is 0 Å². The van der Waals surface area contributed by atoms with E-state index in [1.54, 1.807) is 0 Å². The van der Waals surface area contributed by atoms with Gasteiger partial charge in [0.15, 0.2) is 0 Å². The van der Waals surface area contributed by atoms with Gasteiger partial charge < -0.3 is 21.1 Å². The minimum Gasteiger partial charge on any atom is -0.489 e. The first-order valence-electron chi connectivity index (χ1n) is 11.8. The van der Waals surface area contributed by atoms with Crippen LogP contribution >= 0.6 is 0 Å². The molecule has 6 nitrogen and oxygen atoms in total. The van der Waals surface area contributed by atoms with Crippen LogP contribution in [0.5, 0.6) is 5.75 Å². The third kappa shape index (κ3) is 9.26. The number of benzene rings is 2. The minimum atomic E-state index is -0.701. The molecule has 0 aromatic heterocycles. The molecule has 0 aliphatic heterocycles. The summed E-state index contributed by atoms with van der Waals surface area (Å²) in [6.07, 6.45) is 0.936. The number of carbonyl (C=O) groups is 2. The quantitative estimate of drug-likeness (QED) is 0.455. The van der Waals surface area contributed by atoms with E-state index in [-0.39, 0.29) is 23.8 Å². The average Bonchev–Trinajstić information content (AvgIpc) is 2.78. The molecule has 2 aromatic rings. The molecule has 0 radical (unpaired) electrons. The van der Waals surface area contributed by atoms with Crippen molar-refractivity contribution in [3.63, 3.8) is 0 Å². The largest absolute Gasteiger partial charge is 0.489 e. The van der Waals surface area contributed by atoms with Crippen molar-refractivity contribution in [3.05, 3.63) is 65.7 Å². The van der Waals surface area contributed by atoms with Crippen LogP contribution in [0.25, 0.3) is 0 Å². The third-order valence-corrected chi connectivity index (χ3v) is 5.68. The summed E-state index contributed by atoms with van der Waals surface area (Å²) in [4.78, 5) is 25.6. The summed E-state index contributed by atoms with van der Waals surface area (Å²) in [6, 6.07) is 16.2. The van der Waals surface area contributed by atoms with Gasteiger partial charge in [-0.25, -0.2) is 0 Å². The lowest BCUT2D eigenvalue weighted by Gasteiger charge is -2.25. The van der Waals surface area contributed by atoms with Gasteiger partial charge in [0.25, 0.3) is 0 Å². The molecule has 2 amide bonds. The smallest absolute Gasteiger partial charge is 0.243 e. The highest BCUT2D eigenvalue weighted by Gasteiger charge is 2.26. The highest BCUT2D eigenvalue weighted by Crippen LogP contribution is 2.16. The minimum absolute atomic E-state index is 0.00463. The third-order valence-electron chi connectivity index (χ3n) is 5.68. The number of carbonyl (C=O) groups excluding carboxylic acids is 2. The van der Waals surface area contributed by atoms with E-state index in [1.807, 2.05) is 89.2 Å². The molecule has 2 aromatic carbocycles. The summed E-state index contributed by atoms with van der Waals surface area (Å²) < 4.78 is 5.85. The van der Waals surface area contributed by atoms with Crippen LogP contribution in [-0.2, 0) is 22.6 Å². The van der Waals surface area contributed by atoms with Crippen molar-refractivity contribution in [2.75, 3.05) is 0 Å². The normalized spacial score (nSPS) is 13.9. The molecule has 3 unspecified atom stereocenters. The fourth-order valence-electron chi connectivity index (χ4n) is 3.29. The van der Waals surface area contributed by atoms with Crippen LogP contribution < -0.4 is 21.1 Å². The first-order chi connectivity index (χ1) is 15.7. The van der Waals surface area contributed by atoms with Crippen LogP contribution in [-0.4, -0.2) is 29.9 Å². The molecule has 0 aliphatic rings. The standard InChI is InChI=1S/C27H39N3O3/c1-18(2)15-24(28)26(31)30-25(27(32)29-20(5)19(3)4)16-21-11-13-23(14-12-21)33-17-22-9-7-6-8-10-22/h6-14,18-20,24-25H,15-17,28H2,1-5H3,(H,29,32)(H,30,31). The van der Waals surface area contributed by atoms with Gasteiger partial charge in [0.2, 0.25) is 11.8 Å². The zero-order valence-corrected chi connectivity index (χ0v) is 20.5. The molecule has 0 bridgehead atoms. The Morgan fingerprint density at radius 3 is 2.06 bits per heavy atom. The van der Waals surface area contributed by atoms with Crippen molar-refractivity contribution in [2.45, 2.75) is 72.2 Å². The van der Waals surface area contributed by atoms with Crippen molar-refractivity contribution < 1.29 is 14.3 Å². The Morgan fingerprint density at radius 2 is 1.48 bits per heavy atom. The van der Waals surface area contributed by atoms with Crippen LogP contribution in [0, 0.1) is 11.8 Å². The Morgan fingerprint density at radius 1 is 0.848 bits per heavy atom. The first kappa shape index (κ1) is 26.4. The summed E-state index contributed by atoms with van der Waals surface area (Å²) in [5.41, 5.74) is 8.07. The zero-order valence-electron chi connectivity index (χ0n) is 20.5. The second kappa shape index (κ2) is 13.0. The number of nitrogens with one attached hydrogen (secondary N) is 2. The van der Waals surface area contributed by atoms with Crippen molar-refractivity contribution in [3.8, 4) is 5.75 Å². The van der Waals surface area contributed by atoms with Gasteiger partial charge >= 0.3 is 0 Å². The van der Waals surface area contributed by atoms with Gasteiger partial charge in [-0.05, 0) is 48.4 Å². The van der Waals surface area contributed by atoms with Gasteiger partial charge in [-0.15, -0.1) is 0 Å². The molecule has 0 saturated carbocycles. The van der Waals surface area contributed by atoms with Crippen molar-refractivity contribution >= 4 is 11.8 Å². The monoisotopic (exact) mass is 453 g/mol. The van der Waals surface area contributed by atoms with Gasteiger partial charge in [-0.2, -0.15) is 0 Å². The van der Waals surface area contributed by atoms with Crippen molar-refractivity contribution in [1.29, 1.82) is 0 Å². The SMILES string of the molecule is CC(C)CC(N)C(=O)NC(Cc1ccc(OCc2ccccc2)cc1)C(=O)NC(C)C(C)C. The molecule has 0 aliphatic carbocycles. The van der Waals surface area contributed by atoms with Gasteiger partial charge in [0.1, 0.15) is 18.4 Å². The zero-order chi connectivity index (χ0) is 24.4. The Hall–Kier alpha value is -2.86. The maximum Gasteiger partial charge on any atom is 0.243 e. The second-order valence-corrected chi connectivity index (χ2v) is 9.46. The summed E-state index contributed by atoms with van der Waals surface area (Å²) in [5.74, 6) is 0.826. The maximum absolute atomic E-state index is 13.0. The van der Waals surface area contributed by atoms with Gasteiger partial charge in [-0.3, -0.25) is 9.59 Å². The lowest BCUT2D eigenvalue weighted by molar-refractivity contribution is -0.130. The highest BCUT2D eigenvalue weighted by atomic mass is 16.5. The molecule has 4 N–H and O–H groups in total. The van der Waals surface area contributed by atoms with Gasteiger partial charge in [0.05, 0.1) is 6.04 Å². The number of nitrogens with two attached hydrogens (primary N) is 1. The van der Waals surface area contributed by atoms with Gasteiger partial charge in [-0.1, -0.05) is 70.2 Å². The molecule has 0 fully saturated rings. The van der Waals surface area contributed by atoms with E-state index in [1.165, 1.54) is 0 Å². The Labute approximate surface area is 198 Å². The van der Waals surface area contributed by atoms with E-state index in [0.717, 1.165) is 16.9 Å². The fourth-order valence-corrected chi connectivity index (χ4v) is 3.29. The average molecular weight is 454 g/mol. The molecule has 3 atom stereocenters. The van der Waals surface area contributed by atoms with Crippen LogP contribution in [0.1, 0.15) is 52.2 Å². The van der Waals surface area contributed by atoms with E-state index < -0.39 is 12.1 Å². The Kier molecular flexibility index (Phi) is 10.4.